The quantitative estimate of drug-likeness (QED) is 0.803. The van der Waals surface area contributed by atoms with Crippen molar-refractivity contribution in [2.45, 2.75) is 24.3 Å². The Bertz CT molecular complexity index is 718. The van der Waals surface area contributed by atoms with E-state index in [2.05, 4.69) is 44.8 Å². The summed E-state index contributed by atoms with van der Waals surface area (Å²) in [6.07, 6.45) is 0. The average Bonchev–Trinajstić information content (AvgIpc) is 2.99. The van der Waals surface area contributed by atoms with Crippen LogP contribution in [-0.2, 0) is 4.74 Å². The second-order valence-corrected chi connectivity index (χ2v) is 6.70. The summed E-state index contributed by atoms with van der Waals surface area (Å²) in [5.41, 5.74) is 2.19. The Kier molecular flexibility index (Phi) is 4.84. The van der Waals surface area contributed by atoms with Gasteiger partial charge in [0.25, 0.3) is 0 Å². The van der Waals surface area contributed by atoms with E-state index < -0.39 is 0 Å². The van der Waals surface area contributed by atoms with Crippen LogP contribution in [0.3, 0.4) is 0 Å². The van der Waals surface area contributed by atoms with Gasteiger partial charge in [0.05, 0.1) is 30.2 Å². The lowest BCUT2D eigenvalue weighted by molar-refractivity contribution is 0.122. The van der Waals surface area contributed by atoms with Gasteiger partial charge < -0.3 is 9.64 Å². The van der Waals surface area contributed by atoms with Crippen LogP contribution in [0, 0.1) is 18.3 Å². The number of aryl methyl sites for hydroxylation is 1. The molecular formula is C16H19N5OS. The van der Waals surface area contributed by atoms with Gasteiger partial charge in [-0.05, 0) is 25.5 Å². The fraction of sp³-hybridized carbons (Fsp3) is 0.438. The number of benzene rings is 1. The highest BCUT2D eigenvalue weighted by Crippen LogP contribution is 2.30. The number of hydrogen-bond acceptors (Lipinski definition) is 6. The molecule has 3 rings (SSSR count). The van der Waals surface area contributed by atoms with Crippen molar-refractivity contribution in [2.75, 3.05) is 31.2 Å². The molecule has 1 saturated heterocycles. The highest BCUT2D eigenvalue weighted by molar-refractivity contribution is 8.00. The van der Waals surface area contributed by atoms with Gasteiger partial charge in [-0.25, -0.2) is 0 Å². The highest BCUT2D eigenvalue weighted by atomic mass is 32.2. The van der Waals surface area contributed by atoms with E-state index >= 15 is 0 Å². The molecule has 2 aromatic rings. The first-order chi connectivity index (χ1) is 11.2. The molecule has 0 saturated carbocycles. The van der Waals surface area contributed by atoms with Crippen molar-refractivity contribution >= 4 is 17.7 Å². The molecule has 23 heavy (non-hydrogen) atoms. The first kappa shape index (κ1) is 15.8. The van der Waals surface area contributed by atoms with Crippen molar-refractivity contribution < 1.29 is 4.74 Å². The number of hydrogen-bond donors (Lipinski definition) is 0. The van der Waals surface area contributed by atoms with Crippen molar-refractivity contribution in [3.8, 4) is 11.8 Å². The van der Waals surface area contributed by atoms with Crippen LogP contribution in [-0.4, -0.2) is 46.3 Å². The average molecular weight is 329 g/mol. The number of ether oxygens (including phenoxy) is 1. The molecule has 1 aliphatic heterocycles. The maximum absolute atomic E-state index is 9.11. The number of rotatable bonds is 4. The van der Waals surface area contributed by atoms with Crippen molar-refractivity contribution in [1.82, 2.24) is 14.8 Å². The number of morpholine rings is 1. The second kappa shape index (κ2) is 7.02. The van der Waals surface area contributed by atoms with Crippen LogP contribution in [0.4, 0.5) is 5.95 Å². The number of nitrogens with zero attached hydrogens (tertiary/aromatic N) is 5. The molecule has 1 atom stereocenters. The SMILES string of the molecule is Cc1ccccc1-n1c(S[C@H](C)C#N)nnc1N1CCOCC1. The van der Waals surface area contributed by atoms with E-state index in [0.717, 1.165) is 35.4 Å². The summed E-state index contributed by atoms with van der Waals surface area (Å²) in [7, 11) is 0. The molecule has 0 spiro atoms. The van der Waals surface area contributed by atoms with Crippen LogP contribution in [0.15, 0.2) is 29.4 Å². The first-order valence-corrected chi connectivity index (χ1v) is 8.49. The minimum Gasteiger partial charge on any atom is -0.378 e. The van der Waals surface area contributed by atoms with Gasteiger partial charge in [-0.1, -0.05) is 30.0 Å². The molecule has 0 bridgehead atoms. The Labute approximate surface area is 140 Å². The molecule has 0 aliphatic carbocycles. The predicted octanol–water partition coefficient (Wildman–Crippen LogP) is 2.42. The standard InChI is InChI=1S/C16H19N5OS/c1-12-5-3-4-6-14(12)21-15(20-7-9-22-10-8-20)18-19-16(21)23-13(2)11-17/h3-6,13H,7-10H2,1-2H3/t13-/m1/s1. The normalized spacial score (nSPS) is 16.1. The molecule has 1 aromatic heterocycles. The van der Waals surface area contributed by atoms with Crippen LogP contribution in [0.5, 0.6) is 0 Å². The van der Waals surface area contributed by atoms with Crippen LogP contribution in [0.2, 0.25) is 0 Å². The molecule has 0 amide bonds. The van der Waals surface area contributed by atoms with Crippen molar-refractivity contribution in [3.05, 3.63) is 29.8 Å². The summed E-state index contributed by atoms with van der Waals surface area (Å²) in [4.78, 5) is 2.18. The lowest BCUT2D eigenvalue weighted by atomic mass is 10.2. The number of nitriles is 1. The smallest absolute Gasteiger partial charge is 0.232 e. The molecule has 6 nitrogen and oxygen atoms in total. The zero-order valence-electron chi connectivity index (χ0n) is 13.3. The largest absolute Gasteiger partial charge is 0.378 e. The zero-order chi connectivity index (χ0) is 16.2. The van der Waals surface area contributed by atoms with Gasteiger partial charge in [0.1, 0.15) is 0 Å². The molecule has 1 aromatic carbocycles. The summed E-state index contributed by atoms with van der Waals surface area (Å²) in [6, 6.07) is 10.4. The fourth-order valence-corrected chi connectivity index (χ4v) is 3.26. The lowest BCUT2D eigenvalue weighted by Crippen LogP contribution is -2.38. The van der Waals surface area contributed by atoms with Gasteiger partial charge in [0.15, 0.2) is 5.16 Å². The van der Waals surface area contributed by atoms with E-state index in [1.807, 2.05) is 19.1 Å². The van der Waals surface area contributed by atoms with E-state index in [4.69, 9.17) is 10.00 Å². The Balaban J connectivity index is 2.06. The zero-order valence-corrected chi connectivity index (χ0v) is 14.1. The van der Waals surface area contributed by atoms with Gasteiger partial charge in [0.2, 0.25) is 5.95 Å². The second-order valence-electron chi connectivity index (χ2n) is 5.39. The van der Waals surface area contributed by atoms with E-state index in [1.165, 1.54) is 11.8 Å². The van der Waals surface area contributed by atoms with E-state index in [0.29, 0.717) is 13.2 Å². The Morgan fingerprint density at radius 1 is 1.26 bits per heavy atom. The maximum Gasteiger partial charge on any atom is 0.232 e. The van der Waals surface area contributed by atoms with E-state index in [1.54, 1.807) is 0 Å². The van der Waals surface area contributed by atoms with Crippen molar-refractivity contribution in [3.63, 3.8) is 0 Å². The van der Waals surface area contributed by atoms with E-state index in [9.17, 15) is 0 Å². The maximum atomic E-state index is 9.11. The summed E-state index contributed by atoms with van der Waals surface area (Å²) in [5.74, 6) is 0.815. The number of anilines is 1. The fourth-order valence-electron chi connectivity index (χ4n) is 2.52. The molecule has 0 unspecified atom stereocenters. The predicted molar refractivity (Wildman–Crippen MR) is 90.1 cm³/mol. The van der Waals surface area contributed by atoms with Gasteiger partial charge in [-0.3, -0.25) is 4.57 Å². The monoisotopic (exact) mass is 329 g/mol. The molecule has 0 N–H and O–H groups in total. The summed E-state index contributed by atoms with van der Waals surface area (Å²) < 4.78 is 7.49. The Morgan fingerprint density at radius 3 is 2.70 bits per heavy atom. The molecule has 1 fully saturated rings. The van der Waals surface area contributed by atoms with Crippen LogP contribution >= 0.6 is 11.8 Å². The number of para-hydroxylation sites is 1. The molecule has 120 valence electrons. The number of aromatic nitrogens is 3. The molecule has 2 heterocycles. The third-order valence-corrected chi connectivity index (χ3v) is 4.66. The van der Waals surface area contributed by atoms with Crippen LogP contribution < -0.4 is 4.90 Å². The van der Waals surface area contributed by atoms with Crippen molar-refractivity contribution in [1.29, 1.82) is 5.26 Å². The Hall–Kier alpha value is -2.04. The lowest BCUT2D eigenvalue weighted by Gasteiger charge is -2.28. The van der Waals surface area contributed by atoms with Gasteiger partial charge in [-0.2, -0.15) is 5.26 Å². The van der Waals surface area contributed by atoms with Crippen LogP contribution in [0.1, 0.15) is 12.5 Å². The topological polar surface area (TPSA) is 67.0 Å². The first-order valence-electron chi connectivity index (χ1n) is 7.61. The third-order valence-electron chi connectivity index (χ3n) is 3.73. The Morgan fingerprint density at radius 2 is 2.00 bits per heavy atom. The van der Waals surface area contributed by atoms with E-state index in [-0.39, 0.29) is 5.25 Å². The van der Waals surface area contributed by atoms with Crippen molar-refractivity contribution in [2.24, 2.45) is 0 Å². The summed E-state index contributed by atoms with van der Waals surface area (Å²) in [5, 5.41) is 18.4. The van der Waals surface area contributed by atoms with Crippen LogP contribution in [0.25, 0.3) is 5.69 Å². The highest BCUT2D eigenvalue weighted by Gasteiger charge is 2.23. The molecule has 7 heteroatoms. The number of thioether (sulfide) groups is 1. The van der Waals surface area contributed by atoms with Gasteiger partial charge in [-0.15, -0.1) is 10.2 Å². The van der Waals surface area contributed by atoms with Gasteiger partial charge in [0, 0.05) is 13.1 Å². The molecule has 0 radical (unpaired) electrons. The minimum absolute atomic E-state index is 0.181. The van der Waals surface area contributed by atoms with Gasteiger partial charge >= 0.3 is 0 Å². The summed E-state index contributed by atoms with van der Waals surface area (Å²) in [6.45, 7) is 6.91. The molecule has 1 aliphatic rings. The minimum atomic E-state index is -0.181. The summed E-state index contributed by atoms with van der Waals surface area (Å²) >= 11 is 1.43. The molecular weight excluding hydrogens is 310 g/mol. The third kappa shape index (κ3) is 3.33.